The van der Waals surface area contributed by atoms with Crippen molar-refractivity contribution in [3.05, 3.63) is 53.9 Å². The van der Waals surface area contributed by atoms with Crippen molar-refractivity contribution < 1.29 is 31.8 Å². The summed E-state index contributed by atoms with van der Waals surface area (Å²) in [6, 6.07) is 11.6. The maximum absolute atomic E-state index is 12.3. The molecule has 3 heterocycles. The molecule has 5 rings (SSSR count). The fourth-order valence-corrected chi connectivity index (χ4v) is 3.96. The van der Waals surface area contributed by atoms with E-state index >= 15 is 0 Å². The molecule has 1 fully saturated rings. The summed E-state index contributed by atoms with van der Waals surface area (Å²) in [7, 11) is 0. The molecule has 2 aromatic carbocycles. The molecule has 0 aliphatic carbocycles. The number of fused-ring (bicyclic) bond motifs is 1. The van der Waals surface area contributed by atoms with Crippen LogP contribution in [0.25, 0.3) is 11.5 Å². The van der Waals surface area contributed by atoms with Crippen molar-refractivity contribution in [1.82, 2.24) is 9.88 Å². The van der Waals surface area contributed by atoms with E-state index in [4.69, 9.17) is 18.9 Å². The highest BCUT2D eigenvalue weighted by Gasteiger charge is 2.31. The molecule has 0 atom stereocenters. The van der Waals surface area contributed by atoms with Crippen LogP contribution in [0.1, 0.15) is 11.5 Å². The summed E-state index contributed by atoms with van der Waals surface area (Å²) >= 11 is 0. The normalized spacial score (nSPS) is 16.3. The average molecular weight is 461 g/mol. The number of anilines is 1. The van der Waals surface area contributed by atoms with Crippen molar-refractivity contribution in [2.45, 2.75) is 19.8 Å². The number of hydrogen-bond donors (Lipinski definition) is 0. The van der Waals surface area contributed by atoms with Crippen molar-refractivity contribution in [3.8, 4) is 28.7 Å². The van der Waals surface area contributed by atoms with Gasteiger partial charge in [0, 0.05) is 44.0 Å². The topological polar surface area (TPSA) is 60.2 Å². The lowest BCUT2D eigenvalue weighted by atomic mass is 10.2. The largest absolute Gasteiger partial charge is 0.573 e. The maximum Gasteiger partial charge on any atom is 0.573 e. The van der Waals surface area contributed by atoms with Gasteiger partial charge in [-0.1, -0.05) is 0 Å². The van der Waals surface area contributed by atoms with Crippen molar-refractivity contribution in [3.63, 3.8) is 0 Å². The Morgan fingerprint density at radius 3 is 2.42 bits per heavy atom. The highest BCUT2D eigenvalue weighted by molar-refractivity contribution is 5.61. The van der Waals surface area contributed by atoms with Crippen LogP contribution in [0.5, 0.6) is 17.2 Å². The SMILES string of the molecule is Cc1oc(-c2ccc3c(c2)OCO3)nc1CN1CCN(c2ccc(OC(F)(F)F)cc2)CC1. The predicted molar refractivity (Wildman–Crippen MR) is 113 cm³/mol. The Morgan fingerprint density at radius 2 is 1.70 bits per heavy atom. The van der Waals surface area contributed by atoms with E-state index in [9.17, 15) is 13.2 Å². The van der Waals surface area contributed by atoms with Crippen LogP contribution in [0.3, 0.4) is 0 Å². The van der Waals surface area contributed by atoms with Gasteiger partial charge >= 0.3 is 6.36 Å². The van der Waals surface area contributed by atoms with E-state index in [1.807, 2.05) is 25.1 Å². The summed E-state index contributed by atoms with van der Waals surface area (Å²) in [5, 5.41) is 0. The zero-order valence-corrected chi connectivity index (χ0v) is 17.9. The van der Waals surface area contributed by atoms with Gasteiger partial charge in [0.15, 0.2) is 11.5 Å². The minimum Gasteiger partial charge on any atom is -0.454 e. The molecule has 7 nitrogen and oxygen atoms in total. The second-order valence-corrected chi connectivity index (χ2v) is 7.89. The van der Waals surface area contributed by atoms with Crippen molar-refractivity contribution in [1.29, 1.82) is 0 Å². The van der Waals surface area contributed by atoms with Crippen molar-refractivity contribution >= 4 is 5.69 Å². The Labute approximate surface area is 188 Å². The van der Waals surface area contributed by atoms with Gasteiger partial charge in [0.05, 0.1) is 5.69 Å². The molecule has 1 saturated heterocycles. The number of oxazole rings is 1. The van der Waals surface area contributed by atoms with E-state index in [-0.39, 0.29) is 12.5 Å². The van der Waals surface area contributed by atoms with E-state index in [0.29, 0.717) is 23.9 Å². The molecular formula is C23H22F3N3O4. The van der Waals surface area contributed by atoms with E-state index < -0.39 is 6.36 Å². The highest BCUT2D eigenvalue weighted by Crippen LogP contribution is 2.36. The molecule has 2 aliphatic heterocycles. The van der Waals surface area contributed by atoms with E-state index in [2.05, 4.69) is 14.5 Å². The summed E-state index contributed by atoms with van der Waals surface area (Å²) in [5.74, 6) is 2.48. The lowest BCUT2D eigenvalue weighted by Crippen LogP contribution is -2.46. The third-order valence-corrected chi connectivity index (χ3v) is 5.69. The fourth-order valence-electron chi connectivity index (χ4n) is 3.96. The molecule has 0 bridgehead atoms. The number of aryl methyl sites for hydroxylation is 1. The Bertz CT molecular complexity index is 1120. The molecule has 0 saturated carbocycles. The first-order valence-electron chi connectivity index (χ1n) is 10.5. The molecule has 0 radical (unpaired) electrons. The lowest BCUT2D eigenvalue weighted by Gasteiger charge is -2.35. The zero-order valence-electron chi connectivity index (χ0n) is 17.9. The van der Waals surface area contributed by atoms with Crippen LogP contribution in [0.15, 0.2) is 46.9 Å². The van der Waals surface area contributed by atoms with Crippen LogP contribution >= 0.6 is 0 Å². The summed E-state index contributed by atoms with van der Waals surface area (Å²) < 4.78 is 57.6. The number of nitrogens with zero attached hydrogens (tertiary/aromatic N) is 3. The molecule has 0 N–H and O–H groups in total. The predicted octanol–water partition coefficient (Wildman–Crippen LogP) is 4.60. The van der Waals surface area contributed by atoms with Gasteiger partial charge in [-0.15, -0.1) is 13.2 Å². The molecule has 3 aromatic rings. The molecule has 2 aliphatic rings. The van der Waals surface area contributed by atoms with E-state index in [0.717, 1.165) is 48.9 Å². The number of piperazine rings is 1. The van der Waals surface area contributed by atoms with Gasteiger partial charge < -0.3 is 23.5 Å². The number of rotatable bonds is 5. The van der Waals surface area contributed by atoms with Crippen LogP contribution < -0.4 is 19.1 Å². The average Bonchev–Trinajstić information content (AvgIpc) is 3.40. The third kappa shape index (κ3) is 4.85. The Kier molecular flexibility index (Phi) is 5.53. The number of aromatic nitrogens is 1. The van der Waals surface area contributed by atoms with Crippen LogP contribution in [0.4, 0.5) is 18.9 Å². The third-order valence-electron chi connectivity index (χ3n) is 5.69. The minimum absolute atomic E-state index is 0.214. The molecule has 0 unspecified atom stereocenters. The van der Waals surface area contributed by atoms with Crippen LogP contribution in [-0.4, -0.2) is 49.2 Å². The van der Waals surface area contributed by atoms with Gasteiger partial charge in [0.2, 0.25) is 12.7 Å². The van der Waals surface area contributed by atoms with Crippen LogP contribution in [0, 0.1) is 6.92 Å². The van der Waals surface area contributed by atoms with Gasteiger partial charge in [-0.05, 0) is 49.4 Å². The summed E-state index contributed by atoms with van der Waals surface area (Å²) in [6.07, 6.45) is -4.69. The van der Waals surface area contributed by atoms with Gasteiger partial charge in [0.25, 0.3) is 0 Å². The highest BCUT2D eigenvalue weighted by atomic mass is 19.4. The van der Waals surface area contributed by atoms with Gasteiger partial charge in [-0.25, -0.2) is 4.98 Å². The number of ether oxygens (including phenoxy) is 3. The standard InChI is InChI=1S/C23H22F3N3O4/c1-15-19(27-22(32-15)16-2-7-20-21(12-16)31-14-30-20)13-28-8-10-29(11-9-28)17-3-5-18(6-4-17)33-23(24,25)26/h2-7,12H,8-11,13-14H2,1H3. The first-order valence-corrected chi connectivity index (χ1v) is 10.5. The molecule has 1 aromatic heterocycles. The maximum atomic E-state index is 12.3. The molecule has 33 heavy (non-hydrogen) atoms. The summed E-state index contributed by atoms with van der Waals surface area (Å²) in [5.41, 5.74) is 2.58. The quantitative estimate of drug-likeness (QED) is 0.550. The van der Waals surface area contributed by atoms with E-state index in [1.165, 1.54) is 12.1 Å². The fraction of sp³-hybridized carbons (Fsp3) is 0.348. The first-order chi connectivity index (χ1) is 15.8. The number of hydrogen-bond acceptors (Lipinski definition) is 7. The first kappa shape index (κ1) is 21.4. The Morgan fingerprint density at radius 1 is 0.970 bits per heavy atom. The lowest BCUT2D eigenvalue weighted by molar-refractivity contribution is -0.274. The molecule has 10 heteroatoms. The van der Waals surface area contributed by atoms with Gasteiger partial charge in [-0.3, -0.25) is 4.90 Å². The van der Waals surface area contributed by atoms with Crippen LogP contribution in [-0.2, 0) is 6.54 Å². The van der Waals surface area contributed by atoms with Gasteiger partial charge in [0.1, 0.15) is 11.5 Å². The zero-order chi connectivity index (χ0) is 23.0. The second-order valence-electron chi connectivity index (χ2n) is 7.89. The Balaban J connectivity index is 1.19. The van der Waals surface area contributed by atoms with Crippen LogP contribution in [0.2, 0.25) is 0 Å². The smallest absolute Gasteiger partial charge is 0.454 e. The molecular weight excluding hydrogens is 439 g/mol. The summed E-state index contributed by atoms with van der Waals surface area (Å²) in [4.78, 5) is 9.12. The van der Waals surface area contributed by atoms with Crippen molar-refractivity contribution in [2.75, 3.05) is 37.9 Å². The van der Waals surface area contributed by atoms with Crippen molar-refractivity contribution in [2.24, 2.45) is 0 Å². The molecule has 0 spiro atoms. The van der Waals surface area contributed by atoms with Gasteiger partial charge in [-0.2, -0.15) is 0 Å². The van der Waals surface area contributed by atoms with E-state index in [1.54, 1.807) is 12.1 Å². The minimum atomic E-state index is -4.69. The number of alkyl halides is 3. The molecule has 0 amide bonds. The number of benzene rings is 2. The summed E-state index contributed by atoms with van der Waals surface area (Å²) in [6.45, 7) is 5.88. The monoisotopic (exact) mass is 461 g/mol. The number of halogens is 3. The molecule has 174 valence electrons. The second kappa shape index (κ2) is 8.51. The Hall–Kier alpha value is -3.40.